The number of amides is 1. The molecule has 10 heteroatoms. The van der Waals surface area contributed by atoms with E-state index < -0.39 is 33.6 Å². The van der Waals surface area contributed by atoms with Crippen LogP contribution in [0.4, 0.5) is 0 Å². The molecule has 0 saturated carbocycles. The third-order valence-corrected chi connectivity index (χ3v) is 7.10. The van der Waals surface area contributed by atoms with Gasteiger partial charge in [0.2, 0.25) is 10.0 Å². The van der Waals surface area contributed by atoms with E-state index in [0.717, 1.165) is 16.3 Å². The maximum absolute atomic E-state index is 12.5. The summed E-state index contributed by atoms with van der Waals surface area (Å²) in [5.74, 6) is -1.25. The van der Waals surface area contributed by atoms with Crippen LogP contribution in [-0.2, 0) is 32.6 Å². The van der Waals surface area contributed by atoms with Gasteiger partial charge >= 0.3 is 11.6 Å². The van der Waals surface area contributed by atoms with E-state index in [1.165, 1.54) is 51.4 Å². The van der Waals surface area contributed by atoms with Gasteiger partial charge in [0.25, 0.3) is 5.91 Å². The summed E-state index contributed by atoms with van der Waals surface area (Å²) in [5.41, 5.74) is 1.56. The number of hydrogen-bond acceptors (Lipinski definition) is 7. The maximum Gasteiger partial charge on any atom is 0.336 e. The first-order chi connectivity index (χ1) is 16.0. The Kier molecular flexibility index (Phi) is 7.53. The molecule has 2 aromatic carbocycles. The van der Waals surface area contributed by atoms with Gasteiger partial charge < -0.3 is 14.5 Å². The molecule has 0 unspecified atom stereocenters. The number of hydrogen-bond donors (Lipinski definition) is 1. The summed E-state index contributed by atoms with van der Waals surface area (Å²) >= 11 is 0. The Bertz CT molecular complexity index is 1380. The molecule has 34 heavy (non-hydrogen) atoms. The van der Waals surface area contributed by atoms with Gasteiger partial charge in [-0.05, 0) is 49.2 Å². The largest absolute Gasteiger partial charge is 0.459 e. The van der Waals surface area contributed by atoms with Crippen molar-refractivity contribution in [3.63, 3.8) is 0 Å². The molecule has 1 amide bonds. The zero-order valence-electron chi connectivity index (χ0n) is 19.3. The molecule has 3 aromatic rings. The summed E-state index contributed by atoms with van der Waals surface area (Å²) in [6.07, 6.45) is 0.782. The molecule has 0 aliphatic carbocycles. The van der Waals surface area contributed by atoms with Crippen LogP contribution in [0.2, 0.25) is 0 Å². The van der Waals surface area contributed by atoms with Crippen LogP contribution < -0.4 is 10.9 Å². The molecule has 180 valence electrons. The lowest BCUT2D eigenvalue weighted by molar-refractivity contribution is -0.146. The van der Waals surface area contributed by atoms with Crippen molar-refractivity contribution in [2.45, 2.75) is 37.8 Å². The van der Waals surface area contributed by atoms with E-state index in [1.807, 2.05) is 19.1 Å². The van der Waals surface area contributed by atoms with Gasteiger partial charge in [-0.25, -0.2) is 22.3 Å². The molecule has 1 atom stereocenters. The second kappa shape index (κ2) is 10.2. The average molecular weight is 487 g/mol. The summed E-state index contributed by atoms with van der Waals surface area (Å²) < 4.78 is 35.9. The van der Waals surface area contributed by atoms with Gasteiger partial charge in [0.15, 0.2) is 0 Å². The first-order valence-electron chi connectivity index (χ1n) is 10.6. The molecular formula is C24H26N2O7S. The third-order valence-electron chi connectivity index (χ3n) is 5.27. The molecule has 1 aromatic heterocycles. The number of esters is 1. The highest BCUT2D eigenvalue weighted by molar-refractivity contribution is 7.89. The minimum absolute atomic E-state index is 0.0483. The van der Waals surface area contributed by atoms with Gasteiger partial charge in [-0.2, -0.15) is 0 Å². The maximum atomic E-state index is 12.5. The van der Waals surface area contributed by atoms with Crippen molar-refractivity contribution in [2.75, 3.05) is 14.1 Å². The van der Waals surface area contributed by atoms with Gasteiger partial charge in [0.05, 0.1) is 4.90 Å². The number of benzene rings is 2. The Labute approximate surface area is 197 Å². The van der Waals surface area contributed by atoms with Crippen LogP contribution >= 0.6 is 0 Å². The summed E-state index contributed by atoms with van der Waals surface area (Å²) in [4.78, 5) is 36.9. The lowest BCUT2D eigenvalue weighted by Crippen LogP contribution is -2.39. The standard InChI is InChI=1S/C24H26N2O7S/c1-5-16-6-11-20-18(13-22(27)33-21(20)12-16)14-32-24(29)15(2)25-23(28)17-7-9-19(10-8-17)34(30,31)26(3)4/h6-13,15H,5,14H2,1-4H3,(H,25,28)/t15-/m1/s1. The normalized spacial score (nSPS) is 12.5. The van der Waals surface area contributed by atoms with Crippen molar-refractivity contribution in [2.24, 2.45) is 0 Å². The van der Waals surface area contributed by atoms with Gasteiger partial charge in [-0.15, -0.1) is 0 Å². The highest BCUT2D eigenvalue weighted by Gasteiger charge is 2.21. The lowest BCUT2D eigenvalue weighted by Gasteiger charge is -2.15. The van der Waals surface area contributed by atoms with Gasteiger partial charge in [-0.3, -0.25) is 4.79 Å². The van der Waals surface area contributed by atoms with Crippen LogP contribution in [0.25, 0.3) is 11.0 Å². The van der Waals surface area contributed by atoms with Crippen LogP contribution in [0.1, 0.15) is 35.3 Å². The van der Waals surface area contributed by atoms with E-state index in [-0.39, 0.29) is 17.1 Å². The van der Waals surface area contributed by atoms with Crippen molar-refractivity contribution < 1.29 is 27.2 Å². The van der Waals surface area contributed by atoms with Gasteiger partial charge in [0.1, 0.15) is 18.2 Å². The van der Waals surface area contributed by atoms with Crippen molar-refractivity contribution >= 4 is 32.9 Å². The average Bonchev–Trinajstić information content (AvgIpc) is 2.81. The second-order valence-electron chi connectivity index (χ2n) is 7.89. The molecule has 0 spiro atoms. The quantitative estimate of drug-likeness (QED) is 0.383. The summed E-state index contributed by atoms with van der Waals surface area (Å²) in [6, 6.07) is 11.2. The molecule has 3 rings (SSSR count). The molecule has 0 saturated heterocycles. The highest BCUT2D eigenvalue weighted by Crippen LogP contribution is 2.20. The van der Waals surface area contributed by atoms with Gasteiger partial charge in [0, 0.05) is 36.7 Å². The number of nitrogens with zero attached hydrogens (tertiary/aromatic N) is 1. The summed E-state index contributed by atoms with van der Waals surface area (Å²) in [7, 11) is -0.787. The smallest absolute Gasteiger partial charge is 0.336 e. The Hall–Kier alpha value is -3.50. The molecule has 0 bridgehead atoms. The number of aryl methyl sites for hydroxylation is 1. The minimum Gasteiger partial charge on any atom is -0.459 e. The number of rotatable bonds is 8. The number of ether oxygens (including phenoxy) is 1. The van der Waals surface area contributed by atoms with E-state index in [1.54, 1.807) is 6.07 Å². The Morgan fingerprint density at radius 3 is 2.38 bits per heavy atom. The number of fused-ring (bicyclic) bond motifs is 1. The zero-order valence-corrected chi connectivity index (χ0v) is 20.1. The first-order valence-corrected chi connectivity index (χ1v) is 12.0. The molecule has 0 aliphatic rings. The second-order valence-corrected chi connectivity index (χ2v) is 10.0. The van der Waals surface area contributed by atoms with E-state index >= 15 is 0 Å². The number of carbonyl (C=O) groups excluding carboxylic acids is 2. The van der Waals surface area contributed by atoms with E-state index in [2.05, 4.69) is 5.32 Å². The van der Waals surface area contributed by atoms with Crippen LogP contribution in [0.5, 0.6) is 0 Å². The number of nitrogens with one attached hydrogen (secondary N) is 1. The van der Waals surface area contributed by atoms with Crippen molar-refractivity contribution in [3.8, 4) is 0 Å². The van der Waals surface area contributed by atoms with Crippen molar-refractivity contribution in [1.82, 2.24) is 9.62 Å². The summed E-state index contributed by atoms with van der Waals surface area (Å²) in [6.45, 7) is 3.29. The zero-order chi connectivity index (χ0) is 25.0. The van der Waals surface area contributed by atoms with E-state index in [0.29, 0.717) is 16.5 Å². The molecule has 0 radical (unpaired) electrons. The topological polar surface area (TPSA) is 123 Å². The number of carbonyl (C=O) groups is 2. The highest BCUT2D eigenvalue weighted by atomic mass is 32.2. The first kappa shape index (κ1) is 25.1. The predicted molar refractivity (Wildman–Crippen MR) is 126 cm³/mol. The molecule has 9 nitrogen and oxygen atoms in total. The van der Waals surface area contributed by atoms with Crippen molar-refractivity contribution in [1.29, 1.82) is 0 Å². The number of sulfonamides is 1. The SMILES string of the molecule is CCc1ccc2c(COC(=O)[C@@H](C)NC(=O)c3ccc(S(=O)(=O)N(C)C)cc3)cc(=O)oc2c1. The third kappa shape index (κ3) is 5.52. The Morgan fingerprint density at radius 2 is 1.76 bits per heavy atom. The van der Waals surface area contributed by atoms with E-state index in [9.17, 15) is 22.8 Å². The fourth-order valence-electron chi connectivity index (χ4n) is 3.22. The predicted octanol–water partition coefficient (Wildman–Crippen LogP) is 2.47. The summed E-state index contributed by atoms with van der Waals surface area (Å²) in [5, 5.41) is 3.18. The molecule has 1 heterocycles. The van der Waals surface area contributed by atoms with Crippen LogP contribution in [0.15, 0.2) is 62.6 Å². The molecular weight excluding hydrogens is 460 g/mol. The van der Waals surface area contributed by atoms with Crippen molar-refractivity contribution in [3.05, 3.63) is 75.6 Å². The van der Waals surface area contributed by atoms with Crippen LogP contribution in [-0.4, -0.2) is 44.7 Å². The molecule has 0 fully saturated rings. The molecule has 1 N–H and O–H groups in total. The Morgan fingerprint density at radius 1 is 1.09 bits per heavy atom. The fraction of sp³-hybridized carbons (Fsp3) is 0.292. The van der Waals surface area contributed by atoms with Crippen LogP contribution in [0, 0.1) is 0 Å². The van der Waals surface area contributed by atoms with E-state index in [4.69, 9.17) is 9.15 Å². The Balaban J connectivity index is 1.65. The fourth-order valence-corrected chi connectivity index (χ4v) is 4.12. The molecule has 0 aliphatic heterocycles. The van der Waals surface area contributed by atoms with Gasteiger partial charge in [-0.1, -0.05) is 19.1 Å². The minimum atomic E-state index is -3.61. The monoisotopic (exact) mass is 486 g/mol. The van der Waals surface area contributed by atoms with Crippen LogP contribution in [0.3, 0.4) is 0 Å². The lowest BCUT2D eigenvalue weighted by atomic mass is 10.1.